The van der Waals surface area contributed by atoms with E-state index >= 15 is 0 Å². The first kappa shape index (κ1) is 10.4. The molecule has 1 aromatic rings. The van der Waals surface area contributed by atoms with Gasteiger partial charge < -0.3 is 0 Å². The molecule has 0 aromatic heterocycles. The topological polar surface area (TPSA) is 0 Å². The molecule has 0 nitrogen and oxygen atoms in total. The summed E-state index contributed by atoms with van der Waals surface area (Å²) in [5.74, 6) is 0. The zero-order valence-corrected chi connectivity index (χ0v) is 11.6. The van der Waals surface area contributed by atoms with Crippen LogP contribution in [0.5, 0.6) is 0 Å². The summed E-state index contributed by atoms with van der Waals surface area (Å²) < 4.78 is 1.43. The molecule has 12 heavy (non-hydrogen) atoms. The van der Waals surface area contributed by atoms with Crippen LogP contribution in [0.3, 0.4) is 0 Å². The summed E-state index contributed by atoms with van der Waals surface area (Å²) in [6.07, 6.45) is 0. The molecular weight excluding hydrogens is 239 g/mol. The molecule has 0 atom stereocenters. The summed E-state index contributed by atoms with van der Waals surface area (Å²) >= 11 is -0.0807. The van der Waals surface area contributed by atoms with Gasteiger partial charge in [-0.15, -0.1) is 0 Å². The molecule has 1 aromatic carbocycles. The van der Waals surface area contributed by atoms with Crippen molar-refractivity contribution in [3.63, 3.8) is 0 Å². The molecule has 0 saturated heterocycles. The fourth-order valence-corrected chi connectivity index (χ4v) is 7.69. The van der Waals surface area contributed by atoms with Crippen LogP contribution in [-0.2, 0) is 26.5 Å². The summed E-state index contributed by atoms with van der Waals surface area (Å²) in [5, 5.41) is -0.670. The Hall–Kier alpha value is 0.320. The summed E-state index contributed by atoms with van der Waals surface area (Å²) in [5.41, 5.74) is 1.56. The zero-order valence-electron chi connectivity index (χ0n) is 8.09. The van der Waals surface area contributed by atoms with E-state index in [-0.39, 0.29) is 22.4 Å². The molecule has 0 unspecified atom stereocenters. The fourth-order valence-electron chi connectivity index (χ4n) is 0.963. The van der Waals surface area contributed by atoms with Gasteiger partial charge in [0, 0.05) is 0 Å². The first-order chi connectivity index (χ1) is 5.58. The third kappa shape index (κ3) is 4.37. The van der Waals surface area contributed by atoms with Crippen molar-refractivity contribution in [1.82, 2.24) is 0 Å². The van der Waals surface area contributed by atoms with E-state index < -0.39 is 5.20 Å². The zero-order chi connectivity index (χ0) is 9.03. The average molecular weight is 256 g/mol. The van der Waals surface area contributed by atoms with E-state index in [0.717, 1.165) is 0 Å². The van der Waals surface area contributed by atoms with Gasteiger partial charge in [0.05, 0.1) is 0 Å². The van der Waals surface area contributed by atoms with Gasteiger partial charge in [0.15, 0.2) is 0 Å². The van der Waals surface area contributed by atoms with Gasteiger partial charge in [-0.05, 0) is 0 Å². The molecule has 0 N–H and O–H groups in total. The first-order valence-electron chi connectivity index (χ1n) is 4.37. The van der Waals surface area contributed by atoms with Gasteiger partial charge in [-0.1, -0.05) is 0 Å². The predicted molar refractivity (Wildman–Crippen MR) is 53.5 cm³/mol. The van der Waals surface area contributed by atoms with Crippen LogP contribution in [0.25, 0.3) is 0 Å². The van der Waals surface area contributed by atoms with Gasteiger partial charge in [0.25, 0.3) is 0 Å². The van der Waals surface area contributed by atoms with Crippen LogP contribution in [0.1, 0.15) is 5.56 Å². The minimum atomic E-state index is -0.670. The summed E-state index contributed by atoms with van der Waals surface area (Å²) in [6.45, 7) is 7.51. The molecule has 0 aliphatic carbocycles. The second-order valence-electron chi connectivity index (χ2n) is 4.09. The standard InChI is InChI=1S/C7H7.C3H9Si.Zr/c1-7-5-3-2-4-6-7;1-4(2)3;/h2-6H,1H2;1-3H3;. The van der Waals surface area contributed by atoms with Gasteiger partial charge in [-0.3, -0.25) is 0 Å². The molecule has 0 fully saturated rings. The van der Waals surface area contributed by atoms with Crippen molar-refractivity contribution in [2.45, 2.75) is 23.8 Å². The van der Waals surface area contributed by atoms with Gasteiger partial charge >= 0.3 is 87.3 Å². The normalized spacial score (nSPS) is 11.2. The molecule has 0 radical (unpaired) electrons. The Morgan fingerprint density at radius 2 is 1.67 bits per heavy atom. The van der Waals surface area contributed by atoms with Gasteiger partial charge in [0.2, 0.25) is 0 Å². The molecule has 64 valence electrons. The summed E-state index contributed by atoms with van der Waals surface area (Å²) in [6, 6.07) is 10.9. The van der Waals surface area contributed by atoms with E-state index in [0.29, 0.717) is 0 Å². The Morgan fingerprint density at radius 1 is 1.08 bits per heavy atom. The maximum atomic E-state index is 2.50. The maximum absolute atomic E-state index is 2.50. The molecule has 0 saturated carbocycles. The predicted octanol–water partition coefficient (Wildman–Crippen LogP) is 3.10. The van der Waals surface area contributed by atoms with Gasteiger partial charge in [-0.25, -0.2) is 0 Å². The van der Waals surface area contributed by atoms with Crippen LogP contribution < -0.4 is 0 Å². The van der Waals surface area contributed by atoms with E-state index in [1.54, 1.807) is 5.56 Å². The minimum absolute atomic E-state index is 0.0807. The monoisotopic (exact) mass is 254 g/mol. The van der Waals surface area contributed by atoms with Crippen molar-refractivity contribution < 1.29 is 22.4 Å². The number of hydrogen-bond acceptors (Lipinski definition) is 0. The second kappa shape index (κ2) is 4.53. The Kier molecular flexibility index (Phi) is 3.92. The van der Waals surface area contributed by atoms with Crippen molar-refractivity contribution >= 4 is 5.20 Å². The van der Waals surface area contributed by atoms with E-state index in [4.69, 9.17) is 0 Å². The van der Waals surface area contributed by atoms with E-state index in [9.17, 15) is 0 Å². The number of hydrogen-bond donors (Lipinski definition) is 0. The third-order valence-corrected chi connectivity index (χ3v) is 13.0. The molecule has 0 aliphatic rings. The van der Waals surface area contributed by atoms with E-state index in [1.807, 2.05) is 0 Å². The van der Waals surface area contributed by atoms with Gasteiger partial charge in [-0.2, -0.15) is 0 Å². The molecule has 1 rings (SSSR count). The first-order valence-corrected chi connectivity index (χ1v) is 13.3. The van der Waals surface area contributed by atoms with Crippen LogP contribution in [-0.4, -0.2) is 5.20 Å². The van der Waals surface area contributed by atoms with E-state index in [2.05, 4.69) is 50.0 Å². The fraction of sp³-hybridized carbons (Fsp3) is 0.400. The van der Waals surface area contributed by atoms with E-state index in [1.165, 1.54) is 4.13 Å². The molecule has 0 bridgehead atoms. The second-order valence-corrected chi connectivity index (χ2v) is 23.5. The number of benzene rings is 1. The Bertz CT molecular complexity index is 225. The summed E-state index contributed by atoms with van der Waals surface area (Å²) in [4.78, 5) is 0. The van der Waals surface area contributed by atoms with Crippen LogP contribution in [0.4, 0.5) is 0 Å². The molecule has 0 heterocycles. The van der Waals surface area contributed by atoms with Crippen LogP contribution in [0.2, 0.25) is 19.6 Å². The third-order valence-electron chi connectivity index (χ3n) is 1.67. The summed E-state index contributed by atoms with van der Waals surface area (Å²) in [7, 11) is 0. The molecule has 0 amide bonds. The van der Waals surface area contributed by atoms with Crippen molar-refractivity contribution in [3.8, 4) is 0 Å². The SMILES string of the molecule is C[Si](C)(C)[Zr][CH2]c1ccccc1. The number of rotatable bonds is 3. The van der Waals surface area contributed by atoms with Crippen molar-refractivity contribution in [1.29, 1.82) is 0 Å². The Morgan fingerprint density at radius 3 is 2.17 bits per heavy atom. The molecule has 2 heteroatoms. The average Bonchev–Trinajstić information content (AvgIpc) is 2.02. The van der Waals surface area contributed by atoms with Crippen molar-refractivity contribution in [3.05, 3.63) is 35.9 Å². The quantitative estimate of drug-likeness (QED) is 0.728. The van der Waals surface area contributed by atoms with Crippen LogP contribution >= 0.6 is 0 Å². The molecule has 0 spiro atoms. The Labute approximate surface area is 86.9 Å². The van der Waals surface area contributed by atoms with Gasteiger partial charge in [0.1, 0.15) is 0 Å². The molecule has 0 aliphatic heterocycles. The van der Waals surface area contributed by atoms with Crippen LogP contribution in [0.15, 0.2) is 30.3 Å². The Balaban J connectivity index is 2.44. The van der Waals surface area contributed by atoms with Crippen LogP contribution in [0, 0.1) is 0 Å². The molecular formula is C10H16SiZr. The van der Waals surface area contributed by atoms with Crippen molar-refractivity contribution in [2.24, 2.45) is 0 Å². The van der Waals surface area contributed by atoms with Crippen molar-refractivity contribution in [2.75, 3.05) is 0 Å².